The van der Waals surface area contributed by atoms with Crippen LogP contribution in [0.2, 0.25) is 0 Å². The molecule has 1 aliphatic rings. The fraction of sp³-hybridized carbons (Fsp3) is 0.556. The van der Waals surface area contributed by atoms with Crippen LogP contribution in [0.15, 0.2) is 23.2 Å². The van der Waals surface area contributed by atoms with E-state index < -0.39 is 11.6 Å². The molecule has 1 amide bonds. The third kappa shape index (κ3) is 6.68. The number of halogens is 2. The average molecular weight is 352 g/mol. The molecule has 0 aliphatic heterocycles. The van der Waals surface area contributed by atoms with Gasteiger partial charge < -0.3 is 16.0 Å². The lowest BCUT2D eigenvalue weighted by Gasteiger charge is -2.22. The first-order valence-corrected chi connectivity index (χ1v) is 8.76. The summed E-state index contributed by atoms with van der Waals surface area (Å²) < 4.78 is 26.7. The second-order valence-corrected chi connectivity index (χ2v) is 6.24. The van der Waals surface area contributed by atoms with E-state index in [1.807, 2.05) is 0 Å². The molecular formula is C18H26F2N4O. The number of carbonyl (C=O) groups excluding carboxylic acids is 1. The molecule has 0 spiro atoms. The predicted molar refractivity (Wildman–Crippen MR) is 94.2 cm³/mol. The number of nitrogens with zero attached hydrogens (tertiary/aromatic N) is 1. The van der Waals surface area contributed by atoms with Crippen molar-refractivity contribution < 1.29 is 13.6 Å². The van der Waals surface area contributed by atoms with E-state index in [9.17, 15) is 13.6 Å². The van der Waals surface area contributed by atoms with Crippen LogP contribution in [0.25, 0.3) is 0 Å². The highest BCUT2D eigenvalue weighted by molar-refractivity contribution is 5.81. The minimum absolute atomic E-state index is 0.0195. The largest absolute Gasteiger partial charge is 0.356 e. The van der Waals surface area contributed by atoms with E-state index in [1.54, 1.807) is 7.05 Å². The van der Waals surface area contributed by atoms with Gasteiger partial charge in [-0.1, -0.05) is 19.3 Å². The quantitative estimate of drug-likeness (QED) is 0.544. The molecule has 1 saturated carbocycles. The number of hydrogen-bond donors (Lipinski definition) is 3. The van der Waals surface area contributed by atoms with Gasteiger partial charge in [0.2, 0.25) is 5.91 Å². The van der Waals surface area contributed by atoms with Crippen LogP contribution in [0.5, 0.6) is 0 Å². The Balaban J connectivity index is 1.69. The fourth-order valence-electron chi connectivity index (χ4n) is 2.92. The van der Waals surface area contributed by atoms with Gasteiger partial charge in [0.25, 0.3) is 0 Å². The molecule has 3 N–H and O–H groups in total. The van der Waals surface area contributed by atoms with E-state index in [-0.39, 0.29) is 18.0 Å². The molecule has 25 heavy (non-hydrogen) atoms. The van der Waals surface area contributed by atoms with Gasteiger partial charge in [0, 0.05) is 38.2 Å². The van der Waals surface area contributed by atoms with E-state index in [4.69, 9.17) is 0 Å². The van der Waals surface area contributed by atoms with Crippen molar-refractivity contribution in [2.75, 3.05) is 13.6 Å². The van der Waals surface area contributed by atoms with Crippen LogP contribution >= 0.6 is 0 Å². The number of nitrogens with one attached hydrogen (secondary N) is 3. The Kier molecular flexibility index (Phi) is 7.63. The molecule has 2 rings (SSSR count). The highest BCUT2D eigenvalue weighted by Gasteiger charge is 2.15. The Morgan fingerprint density at radius 1 is 1.20 bits per heavy atom. The SMILES string of the molecule is CN=C(NCCC(=O)NC1CCCCC1)NCc1cc(F)ccc1F. The van der Waals surface area contributed by atoms with Crippen LogP contribution in [-0.2, 0) is 11.3 Å². The summed E-state index contributed by atoms with van der Waals surface area (Å²) in [4.78, 5) is 16.0. The normalized spacial score (nSPS) is 15.7. The van der Waals surface area contributed by atoms with Crippen LogP contribution in [0.3, 0.4) is 0 Å². The second kappa shape index (κ2) is 9.96. The Hall–Kier alpha value is -2.18. The smallest absolute Gasteiger partial charge is 0.221 e. The first-order chi connectivity index (χ1) is 12.1. The molecule has 0 heterocycles. The Morgan fingerprint density at radius 2 is 1.96 bits per heavy atom. The molecule has 0 saturated heterocycles. The highest BCUT2D eigenvalue weighted by atomic mass is 19.1. The van der Waals surface area contributed by atoms with Gasteiger partial charge in [-0.2, -0.15) is 0 Å². The standard InChI is InChI=1S/C18H26F2N4O/c1-21-18(23-12-13-11-14(19)7-8-16(13)20)22-10-9-17(25)24-15-5-3-2-4-6-15/h7-8,11,15H,2-6,9-10,12H2,1H3,(H,24,25)(H2,21,22,23). The van der Waals surface area contributed by atoms with Gasteiger partial charge in [-0.15, -0.1) is 0 Å². The van der Waals surface area contributed by atoms with Gasteiger partial charge in [0.15, 0.2) is 5.96 Å². The summed E-state index contributed by atoms with van der Waals surface area (Å²) in [5.74, 6) is -0.503. The average Bonchev–Trinajstić information content (AvgIpc) is 2.61. The lowest BCUT2D eigenvalue weighted by atomic mass is 9.95. The van der Waals surface area contributed by atoms with Crippen LogP contribution in [0.1, 0.15) is 44.1 Å². The maximum Gasteiger partial charge on any atom is 0.221 e. The number of guanidine groups is 1. The van der Waals surface area contributed by atoms with Gasteiger partial charge >= 0.3 is 0 Å². The fourth-order valence-corrected chi connectivity index (χ4v) is 2.92. The summed E-state index contributed by atoms with van der Waals surface area (Å²) >= 11 is 0. The number of amides is 1. The van der Waals surface area contributed by atoms with Crippen molar-refractivity contribution >= 4 is 11.9 Å². The molecule has 0 atom stereocenters. The molecular weight excluding hydrogens is 326 g/mol. The van der Waals surface area contributed by atoms with Gasteiger partial charge in [-0.05, 0) is 31.0 Å². The van der Waals surface area contributed by atoms with Crippen LogP contribution < -0.4 is 16.0 Å². The zero-order chi connectivity index (χ0) is 18.1. The number of benzene rings is 1. The summed E-state index contributed by atoms with van der Waals surface area (Å²) in [5.41, 5.74) is 0.220. The van der Waals surface area contributed by atoms with Crippen molar-refractivity contribution in [1.29, 1.82) is 0 Å². The summed E-state index contributed by atoms with van der Waals surface area (Å²) in [6.07, 6.45) is 6.06. The third-order valence-corrected chi connectivity index (χ3v) is 4.29. The predicted octanol–water partition coefficient (Wildman–Crippen LogP) is 2.47. The number of carbonyl (C=O) groups is 1. The van der Waals surface area contributed by atoms with Gasteiger partial charge in [0.1, 0.15) is 11.6 Å². The molecule has 1 aromatic rings. The van der Waals surface area contributed by atoms with Gasteiger partial charge in [-0.25, -0.2) is 8.78 Å². The van der Waals surface area contributed by atoms with E-state index >= 15 is 0 Å². The Bertz CT molecular complexity index is 601. The van der Waals surface area contributed by atoms with Gasteiger partial charge in [0.05, 0.1) is 0 Å². The molecule has 5 nitrogen and oxygen atoms in total. The molecule has 0 radical (unpaired) electrons. The summed E-state index contributed by atoms with van der Waals surface area (Å²) in [7, 11) is 1.58. The molecule has 1 aromatic carbocycles. The number of aliphatic imine (C=N–C) groups is 1. The monoisotopic (exact) mass is 352 g/mol. The van der Waals surface area contributed by atoms with Crippen molar-refractivity contribution in [2.45, 2.75) is 51.1 Å². The first-order valence-electron chi connectivity index (χ1n) is 8.76. The first kappa shape index (κ1) is 19.1. The summed E-state index contributed by atoms with van der Waals surface area (Å²) in [5, 5.41) is 8.96. The lowest BCUT2D eigenvalue weighted by molar-refractivity contribution is -0.121. The molecule has 1 fully saturated rings. The van der Waals surface area contributed by atoms with Crippen molar-refractivity contribution in [3.63, 3.8) is 0 Å². The van der Waals surface area contributed by atoms with Crippen molar-refractivity contribution in [2.24, 2.45) is 4.99 Å². The van der Waals surface area contributed by atoms with E-state index in [1.165, 1.54) is 19.3 Å². The van der Waals surface area contributed by atoms with Crippen molar-refractivity contribution in [3.05, 3.63) is 35.4 Å². The molecule has 0 bridgehead atoms. The number of rotatable bonds is 6. The number of hydrogen-bond acceptors (Lipinski definition) is 2. The summed E-state index contributed by atoms with van der Waals surface area (Å²) in [6.45, 7) is 0.529. The second-order valence-electron chi connectivity index (χ2n) is 6.24. The van der Waals surface area contributed by atoms with E-state index in [2.05, 4.69) is 20.9 Å². The Morgan fingerprint density at radius 3 is 2.68 bits per heavy atom. The van der Waals surface area contributed by atoms with Crippen molar-refractivity contribution in [1.82, 2.24) is 16.0 Å². The summed E-state index contributed by atoms with van der Waals surface area (Å²) in [6, 6.07) is 3.62. The van der Waals surface area contributed by atoms with E-state index in [0.29, 0.717) is 25.0 Å². The van der Waals surface area contributed by atoms with Crippen LogP contribution in [-0.4, -0.2) is 31.5 Å². The molecule has 138 valence electrons. The molecule has 0 unspecified atom stereocenters. The zero-order valence-electron chi connectivity index (χ0n) is 14.6. The molecule has 1 aliphatic carbocycles. The minimum Gasteiger partial charge on any atom is -0.356 e. The maximum atomic E-state index is 13.6. The van der Waals surface area contributed by atoms with Gasteiger partial charge in [-0.3, -0.25) is 9.79 Å². The molecule has 7 heteroatoms. The third-order valence-electron chi connectivity index (χ3n) is 4.29. The maximum absolute atomic E-state index is 13.6. The topological polar surface area (TPSA) is 65.5 Å². The lowest BCUT2D eigenvalue weighted by Crippen LogP contribution is -2.41. The van der Waals surface area contributed by atoms with E-state index in [0.717, 1.165) is 31.0 Å². The van der Waals surface area contributed by atoms with Crippen LogP contribution in [0.4, 0.5) is 8.78 Å². The minimum atomic E-state index is -0.486. The highest BCUT2D eigenvalue weighted by Crippen LogP contribution is 2.17. The van der Waals surface area contributed by atoms with Crippen molar-refractivity contribution in [3.8, 4) is 0 Å². The zero-order valence-corrected chi connectivity index (χ0v) is 14.6. The Labute approximate surface area is 147 Å². The molecule has 0 aromatic heterocycles. The van der Waals surface area contributed by atoms with Crippen LogP contribution in [0, 0.1) is 11.6 Å².